The van der Waals surface area contributed by atoms with Gasteiger partial charge < -0.3 is 9.80 Å². The van der Waals surface area contributed by atoms with Crippen molar-refractivity contribution < 1.29 is 4.79 Å². The van der Waals surface area contributed by atoms with Crippen molar-refractivity contribution in [3.05, 3.63) is 22.1 Å². The smallest absolute Gasteiger partial charge is 0.273 e. The molecule has 0 saturated carbocycles. The Hall–Kier alpha value is -1.54. The summed E-state index contributed by atoms with van der Waals surface area (Å²) in [6.45, 7) is 1.76. The van der Waals surface area contributed by atoms with E-state index < -0.39 is 0 Å². The Bertz CT molecular complexity index is 599. The molecule has 20 heavy (non-hydrogen) atoms. The number of aromatic nitrogens is 3. The van der Waals surface area contributed by atoms with Crippen LogP contribution in [-0.4, -0.2) is 51.2 Å². The molecule has 0 bridgehead atoms. The highest BCUT2D eigenvalue weighted by Crippen LogP contribution is 2.36. The number of anilines is 1. The Labute approximate surface area is 124 Å². The van der Waals surface area contributed by atoms with Crippen LogP contribution in [0.4, 0.5) is 5.13 Å². The summed E-state index contributed by atoms with van der Waals surface area (Å²) in [7, 11) is 0. The maximum absolute atomic E-state index is 12.5. The number of rotatable bonds is 2. The topological polar surface area (TPSA) is 62.2 Å². The molecule has 0 N–H and O–H groups in total. The second-order valence-electron chi connectivity index (χ2n) is 5.00. The van der Waals surface area contributed by atoms with Gasteiger partial charge >= 0.3 is 0 Å². The van der Waals surface area contributed by atoms with Crippen molar-refractivity contribution in [3.8, 4) is 0 Å². The molecule has 0 aliphatic carbocycles. The van der Waals surface area contributed by atoms with E-state index in [0.717, 1.165) is 31.1 Å². The minimum absolute atomic E-state index is 0.0675. The Morgan fingerprint density at radius 2 is 2.15 bits per heavy atom. The fraction of sp³-hybridized carbons (Fsp3) is 0.500. The highest BCUT2D eigenvalue weighted by molar-refractivity contribution is 7.13. The van der Waals surface area contributed by atoms with Crippen molar-refractivity contribution >= 4 is 33.7 Å². The lowest BCUT2D eigenvalue weighted by Gasteiger charge is -2.24. The van der Waals surface area contributed by atoms with Gasteiger partial charge in [-0.05, 0) is 12.8 Å². The van der Waals surface area contributed by atoms with Crippen LogP contribution in [0.5, 0.6) is 0 Å². The van der Waals surface area contributed by atoms with Gasteiger partial charge in [-0.3, -0.25) is 4.79 Å². The summed E-state index contributed by atoms with van der Waals surface area (Å²) in [6.07, 6.45) is 2.00. The average molecular weight is 307 g/mol. The second-order valence-corrected chi connectivity index (χ2v) is 6.53. The van der Waals surface area contributed by atoms with E-state index in [0.29, 0.717) is 11.7 Å². The molecule has 2 fully saturated rings. The zero-order valence-electron chi connectivity index (χ0n) is 10.7. The van der Waals surface area contributed by atoms with Gasteiger partial charge in [-0.15, -0.1) is 21.5 Å². The molecule has 4 rings (SSSR count). The highest BCUT2D eigenvalue weighted by atomic mass is 32.1. The number of fused-ring (bicyclic) bond motifs is 1. The summed E-state index contributed by atoms with van der Waals surface area (Å²) in [4.78, 5) is 20.9. The molecule has 0 unspecified atom stereocenters. The van der Waals surface area contributed by atoms with E-state index in [1.807, 2.05) is 10.3 Å². The third-order valence-corrected chi connectivity index (χ3v) is 5.40. The summed E-state index contributed by atoms with van der Waals surface area (Å²) in [6, 6.07) is 0.665. The molecule has 2 atom stereocenters. The number of hydrogen-bond acceptors (Lipinski definition) is 7. The van der Waals surface area contributed by atoms with E-state index in [9.17, 15) is 4.79 Å². The second kappa shape index (κ2) is 4.78. The van der Waals surface area contributed by atoms with Gasteiger partial charge in [-0.2, -0.15) is 0 Å². The van der Waals surface area contributed by atoms with Gasteiger partial charge in [0, 0.05) is 18.5 Å². The van der Waals surface area contributed by atoms with Crippen LogP contribution in [0.15, 0.2) is 16.4 Å². The predicted octanol–water partition coefficient (Wildman–Crippen LogP) is 1.49. The van der Waals surface area contributed by atoms with Crippen LogP contribution in [0, 0.1) is 0 Å². The van der Waals surface area contributed by atoms with E-state index in [1.54, 1.807) is 22.4 Å². The molecule has 4 heterocycles. The van der Waals surface area contributed by atoms with Gasteiger partial charge in [0.15, 0.2) is 0 Å². The number of thiazole rings is 1. The van der Waals surface area contributed by atoms with Crippen molar-refractivity contribution in [2.24, 2.45) is 0 Å². The number of carbonyl (C=O) groups excluding carboxylic acids is 1. The summed E-state index contributed by atoms with van der Waals surface area (Å²) < 4.78 is 0. The van der Waals surface area contributed by atoms with Gasteiger partial charge in [0.25, 0.3) is 5.91 Å². The van der Waals surface area contributed by atoms with Gasteiger partial charge in [-0.1, -0.05) is 11.3 Å². The van der Waals surface area contributed by atoms with Crippen LogP contribution in [0.1, 0.15) is 23.3 Å². The van der Waals surface area contributed by atoms with Crippen LogP contribution >= 0.6 is 22.7 Å². The third kappa shape index (κ3) is 1.82. The van der Waals surface area contributed by atoms with Gasteiger partial charge in [-0.25, -0.2) is 4.98 Å². The molecule has 0 spiro atoms. The molecule has 6 nitrogen and oxygen atoms in total. The normalized spacial score (nSPS) is 25.2. The van der Waals surface area contributed by atoms with E-state index in [2.05, 4.69) is 20.1 Å². The van der Waals surface area contributed by atoms with Crippen LogP contribution in [0.25, 0.3) is 0 Å². The fourth-order valence-corrected chi connectivity index (χ4v) is 4.40. The largest absolute Gasteiger partial charge is 0.341 e. The number of hydrogen-bond donors (Lipinski definition) is 0. The van der Waals surface area contributed by atoms with Crippen molar-refractivity contribution in [2.45, 2.75) is 24.9 Å². The third-order valence-electron chi connectivity index (χ3n) is 4.08. The fourth-order valence-electron chi connectivity index (χ4n) is 3.23. The van der Waals surface area contributed by atoms with Crippen molar-refractivity contribution in [3.63, 3.8) is 0 Å². The lowest BCUT2D eigenvalue weighted by Crippen LogP contribution is -2.39. The zero-order chi connectivity index (χ0) is 13.5. The first-order valence-electron chi connectivity index (χ1n) is 6.56. The highest BCUT2D eigenvalue weighted by Gasteiger charge is 2.45. The molecule has 2 aliphatic rings. The van der Waals surface area contributed by atoms with Crippen LogP contribution in [0.2, 0.25) is 0 Å². The van der Waals surface area contributed by atoms with E-state index in [4.69, 9.17) is 0 Å². The van der Waals surface area contributed by atoms with Gasteiger partial charge in [0.05, 0.1) is 17.6 Å². The quantitative estimate of drug-likeness (QED) is 0.841. The van der Waals surface area contributed by atoms with Gasteiger partial charge in [0.2, 0.25) is 5.13 Å². The molecule has 8 heteroatoms. The van der Waals surface area contributed by atoms with Crippen LogP contribution in [0.3, 0.4) is 0 Å². The first-order valence-corrected chi connectivity index (χ1v) is 8.39. The number of carbonyl (C=O) groups is 1. The average Bonchev–Trinajstić information content (AvgIpc) is 3.21. The first kappa shape index (κ1) is 12.2. The summed E-state index contributed by atoms with van der Waals surface area (Å²) in [5, 5.41) is 10.9. The first-order chi connectivity index (χ1) is 9.84. The molecule has 2 saturated heterocycles. The summed E-state index contributed by atoms with van der Waals surface area (Å²) >= 11 is 3.03. The lowest BCUT2D eigenvalue weighted by molar-refractivity contribution is 0.0732. The Kier molecular flexibility index (Phi) is 2.92. The molecule has 0 radical (unpaired) electrons. The molecular formula is C12H13N5OS2. The maximum Gasteiger partial charge on any atom is 0.273 e. The molecule has 0 aromatic carbocycles. The minimum Gasteiger partial charge on any atom is -0.341 e. The maximum atomic E-state index is 12.5. The summed E-state index contributed by atoms with van der Waals surface area (Å²) in [5.74, 6) is 0.0675. The molecule has 2 aromatic rings. The minimum atomic E-state index is 0.0675. The van der Waals surface area contributed by atoms with Crippen molar-refractivity contribution in [2.75, 3.05) is 18.0 Å². The molecule has 2 aliphatic heterocycles. The Morgan fingerprint density at radius 3 is 2.90 bits per heavy atom. The Morgan fingerprint density at radius 1 is 1.25 bits per heavy atom. The van der Waals surface area contributed by atoms with Crippen molar-refractivity contribution in [1.29, 1.82) is 0 Å². The van der Waals surface area contributed by atoms with Crippen LogP contribution < -0.4 is 4.90 Å². The zero-order valence-corrected chi connectivity index (χ0v) is 12.3. The van der Waals surface area contributed by atoms with E-state index >= 15 is 0 Å². The lowest BCUT2D eigenvalue weighted by atomic mass is 10.1. The Balaban J connectivity index is 1.55. The molecule has 2 aromatic heterocycles. The van der Waals surface area contributed by atoms with Crippen molar-refractivity contribution in [1.82, 2.24) is 20.1 Å². The SMILES string of the molecule is O=C(c1cscn1)N1CC[C@@H]2[C@@H]1CCN2c1nncs1. The monoisotopic (exact) mass is 307 g/mol. The van der Waals surface area contributed by atoms with Crippen LogP contribution in [-0.2, 0) is 0 Å². The molecule has 1 amide bonds. The summed E-state index contributed by atoms with van der Waals surface area (Å²) in [5.41, 5.74) is 4.05. The number of likely N-dealkylation sites (tertiary alicyclic amines) is 1. The van der Waals surface area contributed by atoms with E-state index in [1.165, 1.54) is 11.3 Å². The predicted molar refractivity (Wildman–Crippen MR) is 77.2 cm³/mol. The number of nitrogens with zero attached hydrogens (tertiary/aromatic N) is 5. The number of amides is 1. The van der Waals surface area contributed by atoms with Gasteiger partial charge in [0.1, 0.15) is 11.2 Å². The van der Waals surface area contributed by atoms with E-state index in [-0.39, 0.29) is 11.9 Å². The molecular weight excluding hydrogens is 294 g/mol. The standard InChI is InChI=1S/C12H13N5OS2/c18-11(8-5-19-6-13-8)16-3-1-10-9(16)2-4-17(10)12-15-14-7-20-12/h5-7,9-10H,1-4H2/t9-,10+/m0/s1. The molecule has 104 valence electrons.